The molecule has 3 heterocycles. The quantitative estimate of drug-likeness (QED) is 0.910. The van der Waals surface area contributed by atoms with E-state index in [9.17, 15) is 9.59 Å². The number of carbonyl (C=O) groups excluding carboxylic acids is 2. The molecule has 3 amide bonds. The fourth-order valence-electron chi connectivity index (χ4n) is 3.09. The van der Waals surface area contributed by atoms with Crippen molar-refractivity contribution in [3.8, 4) is 0 Å². The number of amides is 3. The number of hydrogen-bond donors (Lipinski definition) is 1. The highest BCUT2D eigenvalue weighted by molar-refractivity contribution is 7.07. The Kier molecular flexibility index (Phi) is 5.51. The number of nitrogens with zero attached hydrogens (tertiary/aromatic N) is 2. The van der Waals surface area contributed by atoms with Gasteiger partial charge in [-0.3, -0.25) is 4.79 Å². The summed E-state index contributed by atoms with van der Waals surface area (Å²) < 4.78 is 5.30. The van der Waals surface area contributed by atoms with Gasteiger partial charge >= 0.3 is 6.03 Å². The van der Waals surface area contributed by atoms with Crippen LogP contribution >= 0.6 is 11.3 Å². The van der Waals surface area contributed by atoms with E-state index in [1.165, 1.54) is 0 Å². The molecule has 23 heavy (non-hydrogen) atoms. The molecule has 0 aliphatic carbocycles. The third-order valence-corrected chi connectivity index (χ3v) is 5.14. The van der Waals surface area contributed by atoms with Crippen LogP contribution < -0.4 is 5.32 Å². The summed E-state index contributed by atoms with van der Waals surface area (Å²) in [5.74, 6) is 0.0948. The van der Waals surface area contributed by atoms with E-state index in [1.807, 2.05) is 21.7 Å². The minimum Gasteiger partial charge on any atom is -0.378 e. The van der Waals surface area contributed by atoms with Crippen LogP contribution in [0.2, 0.25) is 0 Å². The van der Waals surface area contributed by atoms with Gasteiger partial charge in [0, 0.05) is 32.7 Å². The highest BCUT2D eigenvalue weighted by Crippen LogP contribution is 2.19. The van der Waals surface area contributed by atoms with E-state index in [0.29, 0.717) is 39.4 Å². The van der Waals surface area contributed by atoms with Gasteiger partial charge < -0.3 is 19.9 Å². The molecular weight excluding hydrogens is 314 g/mol. The van der Waals surface area contributed by atoms with Crippen molar-refractivity contribution in [3.63, 3.8) is 0 Å². The third kappa shape index (κ3) is 4.23. The zero-order valence-electron chi connectivity index (χ0n) is 13.2. The molecule has 126 valence electrons. The number of piperidine rings is 1. The van der Waals surface area contributed by atoms with Crippen molar-refractivity contribution in [3.05, 3.63) is 22.4 Å². The first kappa shape index (κ1) is 16.3. The number of hydrogen-bond acceptors (Lipinski definition) is 4. The molecule has 0 radical (unpaired) electrons. The van der Waals surface area contributed by atoms with Crippen LogP contribution in [0.25, 0.3) is 0 Å². The SMILES string of the molecule is O=C(NCc1ccsc1)N1CCC[C@H](C(=O)N2CCOCC2)C1. The molecule has 1 N–H and O–H groups in total. The molecule has 1 aromatic heterocycles. The maximum atomic E-state index is 12.6. The van der Waals surface area contributed by atoms with Gasteiger partial charge in [0.1, 0.15) is 0 Å². The Labute approximate surface area is 140 Å². The lowest BCUT2D eigenvalue weighted by Gasteiger charge is -2.36. The molecular formula is C16H23N3O3S. The van der Waals surface area contributed by atoms with Gasteiger partial charge in [0.05, 0.1) is 19.1 Å². The molecule has 0 unspecified atom stereocenters. The van der Waals surface area contributed by atoms with Crippen molar-refractivity contribution >= 4 is 23.3 Å². The van der Waals surface area contributed by atoms with E-state index in [2.05, 4.69) is 5.32 Å². The lowest BCUT2D eigenvalue weighted by atomic mass is 9.96. The molecule has 2 aliphatic heterocycles. The van der Waals surface area contributed by atoms with Crippen LogP contribution in [0.1, 0.15) is 18.4 Å². The standard InChI is InChI=1S/C16H23N3O3S/c20-15(18-5-7-22-8-6-18)14-2-1-4-19(11-14)16(21)17-10-13-3-9-23-12-13/h3,9,12,14H,1-2,4-8,10-11H2,(H,17,21)/t14-/m0/s1. The Morgan fingerprint density at radius 3 is 2.83 bits per heavy atom. The largest absolute Gasteiger partial charge is 0.378 e. The Morgan fingerprint density at radius 2 is 2.09 bits per heavy atom. The van der Waals surface area contributed by atoms with Crippen molar-refractivity contribution in [2.45, 2.75) is 19.4 Å². The molecule has 1 atom stereocenters. The minimum atomic E-state index is -0.0752. The Balaban J connectivity index is 1.50. The summed E-state index contributed by atoms with van der Waals surface area (Å²) in [6.45, 7) is 4.35. The van der Waals surface area contributed by atoms with Gasteiger partial charge in [-0.1, -0.05) is 0 Å². The first-order chi connectivity index (χ1) is 11.2. The fraction of sp³-hybridized carbons (Fsp3) is 0.625. The van der Waals surface area contributed by atoms with Crippen LogP contribution in [0.3, 0.4) is 0 Å². The van der Waals surface area contributed by atoms with E-state index in [4.69, 9.17) is 4.74 Å². The third-order valence-electron chi connectivity index (χ3n) is 4.40. The average Bonchev–Trinajstić information content (AvgIpc) is 3.13. The van der Waals surface area contributed by atoms with E-state index in [0.717, 1.165) is 24.9 Å². The maximum absolute atomic E-state index is 12.6. The summed E-state index contributed by atoms with van der Waals surface area (Å²) in [6, 6.07) is 1.93. The number of thiophene rings is 1. The Hall–Kier alpha value is -1.60. The van der Waals surface area contributed by atoms with Gasteiger partial charge in [0.2, 0.25) is 5.91 Å². The van der Waals surface area contributed by atoms with Gasteiger partial charge in [-0.2, -0.15) is 11.3 Å². The van der Waals surface area contributed by atoms with Gasteiger partial charge in [-0.05, 0) is 35.2 Å². The van der Waals surface area contributed by atoms with E-state index in [1.54, 1.807) is 16.2 Å². The molecule has 2 fully saturated rings. The van der Waals surface area contributed by atoms with Crippen LogP contribution in [0.4, 0.5) is 4.79 Å². The summed E-state index contributed by atoms with van der Waals surface area (Å²) in [5, 5.41) is 6.97. The van der Waals surface area contributed by atoms with Crippen molar-refractivity contribution in [2.24, 2.45) is 5.92 Å². The summed E-state index contributed by atoms with van der Waals surface area (Å²) in [7, 11) is 0. The molecule has 2 saturated heterocycles. The normalized spacial score (nSPS) is 22.0. The number of likely N-dealkylation sites (tertiary alicyclic amines) is 1. The van der Waals surface area contributed by atoms with Crippen molar-refractivity contribution in [1.82, 2.24) is 15.1 Å². The molecule has 6 nitrogen and oxygen atoms in total. The zero-order valence-corrected chi connectivity index (χ0v) is 14.0. The van der Waals surface area contributed by atoms with Crippen molar-refractivity contribution < 1.29 is 14.3 Å². The first-order valence-corrected chi connectivity index (χ1v) is 9.08. The van der Waals surface area contributed by atoms with Crippen LogP contribution in [0.5, 0.6) is 0 Å². The summed E-state index contributed by atoms with van der Waals surface area (Å²) in [5.41, 5.74) is 1.11. The van der Waals surface area contributed by atoms with E-state index < -0.39 is 0 Å². The highest BCUT2D eigenvalue weighted by Gasteiger charge is 2.31. The monoisotopic (exact) mass is 337 g/mol. The van der Waals surface area contributed by atoms with Crippen molar-refractivity contribution in [1.29, 1.82) is 0 Å². The summed E-state index contributed by atoms with van der Waals surface area (Å²) in [4.78, 5) is 28.5. The molecule has 0 bridgehead atoms. The van der Waals surface area contributed by atoms with Crippen LogP contribution in [0, 0.1) is 5.92 Å². The maximum Gasteiger partial charge on any atom is 0.317 e. The Morgan fingerprint density at radius 1 is 1.26 bits per heavy atom. The first-order valence-electron chi connectivity index (χ1n) is 8.14. The van der Waals surface area contributed by atoms with E-state index in [-0.39, 0.29) is 17.9 Å². The second-order valence-corrected chi connectivity index (χ2v) is 6.79. The topological polar surface area (TPSA) is 61.9 Å². The van der Waals surface area contributed by atoms with Crippen molar-refractivity contribution in [2.75, 3.05) is 39.4 Å². The van der Waals surface area contributed by atoms with Gasteiger partial charge in [0.15, 0.2) is 0 Å². The summed E-state index contributed by atoms with van der Waals surface area (Å²) >= 11 is 1.62. The average molecular weight is 337 g/mol. The molecule has 3 rings (SSSR count). The van der Waals surface area contributed by atoms with Crippen LogP contribution in [0.15, 0.2) is 16.8 Å². The van der Waals surface area contributed by atoms with Crippen LogP contribution in [-0.4, -0.2) is 61.1 Å². The Bertz CT molecular complexity index is 529. The van der Waals surface area contributed by atoms with E-state index >= 15 is 0 Å². The number of rotatable bonds is 3. The second-order valence-electron chi connectivity index (χ2n) is 6.01. The number of urea groups is 1. The zero-order chi connectivity index (χ0) is 16.1. The predicted octanol–water partition coefficient (Wildman–Crippen LogP) is 1.53. The lowest BCUT2D eigenvalue weighted by molar-refractivity contribution is -0.141. The molecule has 2 aliphatic rings. The molecule has 0 aromatic carbocycles. The second kappa shape index (κ2) is 7.79. The predicted molar refractivity (Wildman–Crippen MR) is 88.3 cm³/mol. The number of nitrogens with one attached hydrogen (secondary N) is 1. The smallest absolute Gasteiger partial charge is 0.317 e. The van der Waals surface area contributed by atoms with Crippen LogP contribution in [-0.2, 0) is 16.1 Å². The van der Waals surface area contributed by atoms with Gasteiger partial charge in [-0.25, -0.2) is 4.79 Å². The molecule has 7 heteroatoms. The number of morpholine rings is 1. The molecule has 1 aromatic rings. The molecule has 0 saturated carbocycles. The van der Waals surface area contributed by atoms with Gasteiger partial charge in [0.25, 0.3) is 0 Å². The molecule has 0 spiro atoms. The number of ether oxygens (including phenoxy) is 1. The minimum absolute atomic E-state index is 0.0734. The highest BCUT2D eigenvalue weighted by atomic mass is 32.1. The fourth-order valence-corrected chi connectivity index (χ4v) is 3.76. The summed E-state index contributed by atoms with van der Waals surface area (Å²) in [6.07, 6.45) is 1.75. The number of carbonyl (C=O) groups is 2. The lowest BCUT2D eigenvalue weighted by Crippen LogP contribution is -2.51. The van der Waals surface area contributed by atoms with Gasteiger partial charge in [-0.15, -0.1) is 0 Å².